The monoisotopic (exact) mass is 308 g/mol. The van der Waals surface area contributed by atoms with Crippen molar-refractivity contribution in [1.82, 2.24) is 4.90 Å². The standard InChI is InChI=1S/C19H24N4/c1-21-8-10-22(11-9-21)18-4-6-19(7-5-18)23-13-15-2-3-17(20)12-16(15)14-23/h2-7,12H,8-11,13-14,20H2,1H3. The Labute approximate surface area is 138 Å². The van der Waals surface area contributed by atoms with Crippen LogP contribution >= 0.6 is 0 Å². The van der Waals surface area contributed by atoms with Gasteiger partial charge in [0.2, 0.25) is 0 Å². The third kappa shape index (κ3) is 2.86. The van der Waals surface area contributed by atoms with Gasteiger partial charge in [0.15, 0.2) is 0 Å². The molecule has 4 nitrogen and oxygen atoms in total. The van der Waals surface area contributed by atoms with Gasteiger partial charge in [-0.3, -0.25) is 0 Å². The predicted octanol–water partition coefficient (Wildman–Crippen LogP) is 2.54. The largest absolute Gasteiger partial charge is 0.399 e. The summed E-state index contributed by atoms with van der Waals surface area (Å²) in [5, 5.41) is 0. The number of benzene rings is 2. The number of nitrogens with two attached hydrogens (primary N) is 1. The molecule has 0 aromatic heterocycles. The lowest BCUT2D eigenvalue weighted by molar-refractivity contribution is 0.313. The predicted molar refractivity (Wildman–Crippen MR) is 96.9 cm³/mol. The van der Waals surface area contributed by atoms with Crippen molar-refractivity contribution >= 4 is 17.1 Å². The van der Waals surface area contributed by atoms with E-state index in [0.29, 0.717) is 0 Å². The number of fused-ring (bicyclic) bond motifs is 1. The van der Waals surface area contributed by atoms with E-state index in [4.69, 9.17) is 5.73 Å². The van der Waals surface area contributed by atoms with Crippen LogP contribution in [0.2, 0.25) is 0 Å². The van der Waals surface area contributed by atoms with Crippen LogP contribution in [0.1, 0.15) is 11.1 Å². The van der Waals surface area contributed by atoms with Crippen molar-refractivity contribution in [3.63, 3.8) is 0 Å². The Bertz CT molecular complexity index is 687. The van der Waals surface area contributed by atoms with Gasteiger partial charge in [-0.15, -0.1) is 0 Å². The SMILES string of the molecule is CN1CCN(c2ccc(N3Cc4ccc(N)cc4C3)cc2)CC1. The first-order valence-electron chi connectivity index (χ1n) is 8.35. The number of rotatable bonds is 2. The minimum Gasteiger partial charge on any atom is -0.399 e. The van der Waals surface area contributed by atoms with Gasteiger partial charge < -0.3 is 20.4 Å². The van der Waals surface area contributed by atoms with Crippen LogP contribution in [0.25, 0.3) is 0 Å². The number of hydrogen-bond acceptors (Lipinski definition) is 4. The van der Waals surface area contributed by atoms with E-state index in [0.717, 1.165) is 45.0 Å². The molecule has 0 amide bonds. The van der Waals surface area contributed by atoms with E-state index in [1.807, 2.05) is 6.07 Å². The van der Waals surface area contributed by atoms with Crippen LogP contribution in [0.4, 0.5) is 17.1 Å². The van der Waals surface area contributed by atoms with E-state index in [1.54, 1.807) is 0 Å². The first-order valence-corrected chi connectivity index (χ1v) is 8.35. The Morgan fingerprint density at radius 2 is 1.35 bits per heavy atom. The normalized spacial score (nSPS) is 18.3. The molecule has 2 aliphatic rings. The van der Waals surface area contributed by atoms with E-state index in [1.165, 1.54) is 22.5 Å². The fourth-order valence-electron chi connectivity index (χ4n) is 3.54. The molecule has 2 aromatic carbocycles. The molecule has 2 aromatic rings. The summed E-state index contributed by atoms with van der Waals surface area (Å²) in [4.78, 5) is 7.28. The van der Waals surface area contributed by atoms with E-state index in [9.17, 15) is 0 Å². The zero-order chi connectivity index (χ0) is 15.8. The highest BCUT2D eigenvalue weighted by molar-refractivity contribution is 5.59. The quantitative estimate of drug-likeness (QED) is 0.865. The molecule has 4 heteroatoms. The summed E-state index contributed by atoms with van der Waals surface area (Å²) < 4.78 is 0. The molecule has 120 valence electrons. The average Bonchev–Trinajstić information content (AvgIpc) is 2.99. The van der Waals surface area contributed by atoms with E-state index >= 15 is 0 Å². The molecule has 23 heavy (non-hydrogen) atoms. The molecule has 2 N–H and O–H groups in total. The van der Waals surface area contributed by atoms with E-state index in [-0.39, 0.29) is 0 Å². The Balaban J connectivity index is 1.47. The van der Waals surface area contributed by atoms with Gasteiger partial charge in [0.25, 0.3) is 0 Å². The highest BCUT2D eigenvalue weighted by atomic mass is 15.2. The summed E-state index contributed by atoms with van der Waals surface area (Å²) in [5.41, 5.74) is 12.1. The van der Waals surface area contributed by atoms with Crippen LogP contribution in [0, 0.1) is 0 Å². The van der Waals surface area contributed by atoms with Gasteiger partial charge in [-0.1, -0.05) is 6.07 Å². The summed E-state index contributed by atoms with van der Waals surface area (Å²) in [7, 11) is 2.19. The Morgan fingerprint density at radius 1 is 0.739 bits per heavy atom. The second-order valence-corrected chi connectivity index (χ2v) is 6.69. The highest BCUT2D eigenvalue weighted by Gasteiger charge is 2.20. The second-order valence-electron chi connectivity index (χ2n) is 6.69. The molecule has 0 aliphatic carbocycles. The van der Waals surface area contributed by atoms with Crippen LogP contribution in [-0.4, -0.2) is 38.1 Å². The molecule has 2 aliphatic heterocycles. The highest BCUT2D eigenvalue weighted by Crippen LogP contribution is 2.30. The van der Waals surface area contributed by atoms with Crippen LogP contribution in [0.15, 0.2) is 42.5 Å². The lowest BCUT2D eigenvalue weighted by Crippen LogP contribution is -2.44. The zero-order valence-corrected chi connectivity index (χ0v) is 13.7. The van der Waals surface area contributed by atoms with Gasteiger partial charge in [0.1, 0.15) is 0 Å². The maximum absolute atomic E-state index is 5.90. The molecule has 0 radical (unpaired) electrons. The van der Waals surface area contributed by atoms with Crippen molar-refractivity contribution in [2.45, 2.75) is 13.1 Å². The fourth-order valence-corrected chi connectivity index (χ4v) is 3.54. The van der Waals surface area contributed by atoms with Gasteiger partial charge in [-0.25, -0.2) is 0 Å². The van der Waals surface area contributed by atoms with Crippen molar-refractivity contribution in [3.05, 3.63) is 53.6 Å². The third-order valence-electron chi connectivity index (χ3n) is 5.04. The summed E-state index contributed by atoms with van der Waals surface area (Å²) in [6.07, 6.45) is 0. The Hall–Kier alpha value is -2.20. The molecule has 1 saturated heterocycles. The number of likely N-dealkylation sites (N-methyl/N-ethyl adjacent to an activating group) is 1. The molecule has 0 atom stereocenters. The van der Waals surface area contributed by atoms with Crippen molar-refractivity contribution in [2.75, 3.05) is 48.8 Å². The molecule has 4 rings (SSSR count). The number of nitrogen functional groups attached to an aromatic ring is 1. The molecule has 0 spiro atoms. The van der Waals surface area contributed by atoms with Gasteiger partial charge in [-0.05, 0) is 54.6 Å². The first kappa shape index (κ1) is 14.4. The van der Waals surface area contributed by atoms with Crippen LogP contribution in [0.5, 0.6) is 0 Å². The average molecular weight is 308 g/mol. The van der Waals surface area contributed by atoms with Crippen molar-refractivity contribution < 1.29 is 0 Å². The summed E-state index contributed by atoms with van der Waals surface area (Å²) in [6, 6.07) is 15.3. The van der Waals surface area contributed by atoms with Gasteiger partial charge in [0.05, 0.1) is 0 Å². The van der Waals surface area contributed by atoms with Gasteiger partial charge >= 0.3 is 0 Å². The van der Waals surface area contributed by atoms with E-state index < -0.39 is 0 Å². The number of hydrogen-bond donors (Lipinski definition) is 1. The van der Waals surface area contributed by atoms with Crippen LogP contribution < -0.4 is 15.5 Å². The Kier molecular flexibility index (Phi) is 3.62. The second kappa shape index (κ2) is 5.78. The molecular weight excluding hydrogens is 284 g/mol. The molecule has 0 saturated carbocycles. The van der Waals surface area contributed by atoms with Gasteiger partial charge in [0, 0.05) is 56.3 Å². The molecular formula is C19H24N4. The van der Waals surface area contributed by atoms with Crippen molar-refractivity contribution in [1.29, 1.82) is 0 Å². The van der Waals surface area contributed by atoms with Crippen molar-refractivity contribution in [2.24, 2.45) is 0 Å². The van der Waals surface area contributed by atoms with Crippen LogP contribution in [0.3, 0.4) is 0 Å². The Morgan fingerprint density at radius 3 is 2.04 bits per heavy atom. The number of piperazine rings is 1. The lowest BCUT2D eigenvalue weighted by atomic mass is 10.1. The fraction of sp³-hybridized carbons (Fsp3) is 0.368. The number of nitrogens with zero attached hydrogens (tertiary/aromatic N) is 3. The maximum Gasteiger partial charge on any atom is 0.0437 e. The minimum atomic E-state index is 0.857. The minimum absolute atomic E-state index is 0.857. The van der Waals surface area contributed by atoms with E-state index in [2.05, 4.69) is 58.1 Å². The smallest absolute Gasteiger partial charge is 0.0437 e. The summed E-state index contributed by atoms with van der Waals surface area (Å²) >= 11 is 0. The van der Waals surface area contributed by atoms with Gasteiger partial charge in [-0.2, -0.15) is 0 Å². The number of anilines is 3. The molecule has 1 fully saturated rings. The third-order valence-corrected chi connectivity index (χ3v) is 5.04. The summed E-state index contributed by atoms with van der Waals surface area (Å²) in [5.74, 6) is 0. The maximum atomic E-state index is 5.90. The molecule has 0 bridgehead atoms. The zero-order valence-electron chi connectivity index (χ0n) is 13.7. The van der Waals surface area contributed by atoms with Crippen molar-refractivity contribution in [3.8, 4) is 0 Å². The lowest BCUT2D eigenvalue weighted by Gasteiger charge is -2.34. The molecule has 2 heterocycles. The molecule has 0 unspecified atom stereocenters. The topological polar surface area (TPSA) is 35.7 Å². The summed E-state index contributed by atoms with van der Waals surface area (Å²) in [6.45, 7) is 6.45. The first-order chi connectivity index (χ1) is 11.2. The van der Waals surface area contributed by atoms with Crippen LogP contribution in [-0.2, 0) is 13.1 Å².